The third-order valence-corrected chi connectivity index (χ3v) is 3.22. The van der Waals surface area contributed by atoms with Crippen LogP contribution in [0.3, 0.4) is 0 Å². The lowest BCUT2D eigenvalue weighted by Crippen LogP contribution is -2.45. The van der Waals surface area contributed by atoms with Crippen LogP contribution in [0.25, 0.3) is 0 Å². The second-order valence-corrected chi connectivity index (χ2v) is 6.50. The molecule has 138 valence electrons. The van der Waals surface area contributed by atoms with Crippen molar-refractivity contribution in [2.45, 2.75) is 45.3 Å². The summed E-state index contributed by atoms with van der Waals surface area (Å²) in [5, 5.41) is 2.52. The molecule has 0 heterocycles. The predicted molar refractivity (Wildman–Crippen MR) is 91.0 cm³/mol. The molecule has 7 nitrogen and oxygen atoms in total. The fourth-order valence-electron chi connectivity index (χ4n) is 2.05. The lowest BCUT2D eigenvalue weighted by atomic mass is 10.0. The summed E-state index contributed by atoms with van der Waals surface area (Å²) in [7, 11) is 2.59. The van der Waals surface area contributed by atoms with E-state index < -0.39 is 23.7 Å². The van der Waals surface area contributed by atoms with Crippen molar-refractivity contribution in [2.24, 2.45) is 0 Å². The number of esters is 2. The zero-order valence-electron chi connectivity index (χ0n) is 15.3. The number of rotatable bonds is 6. The summed E-state index contributed by atoms with van der Waals surface area (Å²) in [5.41, 5.74) is 0.936. The van der Waals surface area contributed by atoms with Crippen LogP contribution in [0.2, 0.25) is 0 Å². The molecule has 0 aliphatic heterocycles. The number of carbonyl (C=O) groups excluding carboxylic acids is 3. The van der Waals surface area contributed by atoms with Gasteiger partial charge in [0.15, 0.2) is 0 Å². The van der Waals surface area contributed by atoms with Gasteiger partial charge in [0.25, 0.3) is 0 Å². The summed E-state index contributed by atoms with van der Waals surface area (Å²) >= 11 is 0. The standard InChI is InChI=1S/C18H25NO6/c1-18(2,3)25-17(22)19-14(16(21)24-5)10-12-6-8-13(9-7-12)11-15(20)23-4/h6-9,14H,10-11H2,1-5H3,(H,19,22)/t14-/m1/s1. The van der Waals surface area contributed by atoms with Crippen molar-refractivity contribution in [1.82, 2.24) is 5.32 Å². The van der Waals surface area contributed by atoms with E-state index in [0.29, 0.717) is 0 Å². The monoisotopic (exact) mass is 351 g/mol. The second-order valence-electron chi connectivity index (χ2n) is 6.50. The SMILES string of the molecule is COC(=O)Cc1ccc(C[C@@H](NC(=O)OC(C)(C)C)C(=O)OC)cc1. The zero-order valence-corrected chi connectivity index (χ0v) is 15.3. The minimum Gasteiger partial charge on any atom is -0.469 e. The molecular weight excluding hydrogens is 326 g/mol. The van der Waals surface area contributed by atoms with Crippen LogP contribution in [0, 0.1) is 0 Å². The fourth-order valence-corrected chi connectivity index (χ4v) is 2.05. The molecule has 0 unspecified atom stereocenters. The van der Waals surface area contributed by atoms with Crippen molar-refractivity contribution in [3.8, 4) is 0 Å². The van der Waals surface area contributed by atoms with E-state index in [0.717, 1.165) is 11.1 Å². The zero-order chi connectivity index (χ0) is 19.0. The number of amides is 1. The van der Waals surface area contributed by atoms with Crippen molar-refractivity contribution in [2.75, 3.05) is 14.2 Å². The van der Waals surface area contributed by atoms with E-state index in [9.17, 15) is 14.4 Å². The number of methoxy groups -OCH3 is 2. The van der Waals surface area contributed by atoms with Crippen LogP contribution >= 0.6 is 0 Å². The second kappa shape index (κ2) is 9.05. The quantitative estimate of drug-likeness (QED) is 0.623. The van der Waals surface area contributed by atoms with Crippen molar-refractivity contribution in [3.05, 3.63) is 35.4 Å². The average molecular weight is 351 g/mol. The van der Waals surface area contributed by atoms with Gasteiger partial charge in [0.2, 0.25) is 0 Å². The van der Waals surface area contributed by atoms with Gasteiger partial charge in [-0.1, -0.05) is 24.3 Å². The van der Waals surface area contributed by atoms with Crippen LogP contribution in [0.4, 0.5) is 4.79 Å². The van der Waals surface area contributed by atoms with Crippen LogP contribution in [0.15, 0.2) is 24.3 Å². The molecule has 1 aromatic carbocycles. The van der Waals surface area contributed by atoms with Gasteiger partial charge in [-0.25, -0.2) is 9.59 Å². The first-order valence-corrected chi connectivity index (χ1v) is 7.86. The first-order valence-electron chi connectivity index (χ1n) is 7.86. The number of hydrogen-bond donors (Lipinski definition) is 1. The average Bonchev–Trinajstić information content (AvgIpc) is 2.53. The van der Waals surface area contributed by atoms with E-state index in [1.165, 1.54) is 14.2 Å². The van der Waals surface area contributed by atoms with E-state index in [4.69, 9.17) is 9.47 Å². The maximum Gasteiger partial charge on any atom is 0.408 e. The molecule has 0 spiro atoms. The van der Waals surface area contributed by atoms with E-state index in [1.54, 1.807) is 45.0 Å². The van der Waals surface area contributed by atoms with E-state index >= 15 is 0 Å². The number of benzene rings is 1. The Morgan fingerprint density at radius 3 is 2.04 bits per heavy atom. The van der Waals surface area contributed by atoms with Crippen molar-refractivity contribution >= 4 is 18.0 Å². The topological polar surface area (TPSA) is 90.9 Å². The molecule has 0 aliphatic carbocycles. The molecule has 0 fully saturated rings. The highest BCUT2D eigenvalue weighted by molar-refractivity contribution is 5.81. The van der Waals surface area contributed by atoms with Gasteiger partial charge >= 0.3 is 18.0 Å². The maximum absolute atomic E-state index is 11.9. The number of nitrogens with one attached hydrogen (secondary N) is 1. The van der Waals surface area contributed by atoms with Gasteiger partial charge < -0.3 is 19.5 Å². The Kier molecular flexibility index (Phi) is 7.42. The predicted octanol–water partition coefficient (Wildman–Crippen LogP) is 2.01. The highest BCUT2D eigenvalue weighted by atomic mass is 16.6. The van der Waals surface area contributed by atoms with Crippen LogP contribution in [-0.4, -0.2) is 43.9 Å². The van der Waals surface area contributed by atoms with Crippen molar-refractivity contribution < 1.29 is 28.6 Å². The molecule has 1 N–H and O–H groups in total. The first kappa shape index (κ1) is 20.5. The van der Waals surface area contributed by atoms with Crippen LogP contribution in [0.5, 0.6) is 0 Å². The minimum absolute atomic E-state index is 0.174. The number of ether oxygens (including phenoxy) is 3. The summed E-state index contributed by atoms with van der Waals surface area (Å²) in [6, 6.07) is 6.24. The summed E-state index contributed by atoms with van der Waals surface area (Å²) < 4.78 is 14.5. The number of hydrogen-bond acceptors (Lipinski definition) is 6. The molecule has 0 aromatic heterocycles. The normalized spacial score (nSPS) is 12.0. The summed E-state index contributed by atoms with van der Waals surface area (Å²) in [5.74, 6) is -0.892. The molecule has 0 radical (unpaired) electrons. The van der Waals surface area contributed by atoms with Gasteiger partial charge in [-0.2, -0.15) is 0 Å². The Bertz CT molecular complexity index is 603. The minimum atomic E-state index is -0.869. The Balaban J connectivity index is 2.76. The lowest BCUT2D eigenvalue weighted by molar-refractivity contribution is -0.143. The van der Waals surface area contributed by atoms with Crippen LogP contribution in [0.1, 0.15) is 31.9 Å². The molecule has 1 aromatic rings. The molecular formula is C18H25NO6. The maximum atomic E-state index is 11.9. The summed E-state index contributed by atoms with van der Waals surface area (Å²) in [4.78, 5) is 35.1. The molecule has 0 saturated carbocycles. The molecule has 7 heteroatoms. The van der Waals surface area contributed by atoms with Crippen molar-refractivity contribution in [1.29, 1.82) is 0 Å². The van der Waals surface area contributed by atoms with Gasteiger partial charge in [-0.15, -0.1) is 0 Å². The highest BCUT2D eigenvalue weighted by Gasteiger charge is 2.25. The molecule has 1 amide bonds. The van der Waals surface area contributed by atoms with Crippen LogP contribution < -0.4 is 5.32 Å². The van der Waals surface area contributed by atoms with E-state index in [2.05, 4.69) is 10.1 Å². The van der Waals surface area contributed by atoms with E-state index in [-0.39, 0.29) is 18.8 Å². The highest BCUT2D eigenvalue weighted by Crippen LogP contribution is 2.11. The van der Waals surface area contributed by atoms with Gasteiger partial charge in [-0.05, 0) is 31.9 Å². The van der Waals surface area contributed by atoms with Gasteiger partial charge in [0, 0.05) is 6.42 Å². The van der Waals surface area contributed by atoms with Gasteiger partial charge in [0.1, 0.15) is 11.6 Å². The van der Waals surface area contributed by atoms with E-state index in [1.807, 2.05) is 0 Å². The number of carbonyl (C=O) groups is 3. The first-order chi connectivity index (χ1) is 11.6. The van der Waals surface area contributed by atoms with Crippen molar-refractivity contribution in [3.63, 3.8) is 0 Å². The molecule has 0 saturated heterocycles. The Labute approximate surface area is 147 Å². The summed E-state index contributed by atoms with van der Waals surface area (Å²) in [6.45, 7) is 5.21. The molecule has 25 heavy (non-hydrogen) atoms. The summed E-state index contributed by atoms with van der Waals surface area (Å²) in [6.07, 6.45) is -0.275. The smallest absolute Gasteiger partial charge is 0.408 e. The molecule has 0 bridgehead atoms. The third-order valence-electron chi connectivity index (χ3n) is 3.22. The number of alkyl carbamates (subject to hydrolysis) is 1. The largest absolute Gasteiger partial charge is 0.469 e. The van der Waals surface area contributed by atoms with Gasteiger partial charge in [-0.3, -0.25) is 4.79 Å². The molecule has 0 aliphatic rings. The Hall–Kier alpha value is -2.57. The third kappa shape index (κ3) is 7.69. The van der Waals surface area contributed by atoms with Crippen LogP contribution in [-0.2, 0) is 36.6 Å². The molecule has 1 rings (SSSR count). The fraction of sp³-hybridized carbons (Fsp3) is 0.500. The lowest BCUT2D eigenvalue weighted by Gasteiger charge is -2.22. The molecule has 1 atom stereocenters. The Morgan fingerprint density at radius 1 is 1.00 bits per heavy atom. The van der Waals surface area contributed by atoms with Gasteiger partial charge in [0.05, 0.1) is 20.6 Å². The Morgan fingerprint density at radius 2 is 1.56 bits per heavy atom.